The molecule has 31 heavy (non-hydrogen) atoms. The zero-order valence-corrected chi connectivity index (χ0v) is 18.2. The van der Waals surface area contributed by atoms with Crippen LogP contribution < -0.4 is 16.6 Å². The van der Waals surface area contributed by atoms with Gasteiger partial charge < -0.3 is 5.32 Å². The van der Waals surface area contributed by atoms with Crippen LogP contribution in [0.2, 0.25) is 5.02 Å². The van der Waals surface area contributed by atoms with Crippen LogP contribution >= 0.6 is 22.9 Å². The largest absolute Gasteiger partial charge is 0.336 e. The number of halogens is 2. The average Bonchev–Trinajstić information content (AvgIpc) is 3.19. The first-order valence-electron chi connectivity index (χ1n) is 9.32. The van der Waals surface area contributed by atoms with Crippen molar-refractivity contribution >= 4 is 44.7 Å². The summed E-state index contributed by atoms with van der Waals surface area (Å²) >= 11 is 6.93. The molecule has 0 aliphatic heterocycles. The summed E-state index contributed by atoms with van der Waals surface area (Å²) in [6.45, 7) is 3.34. The van der Waals surface area contributed by atoms with E-state index in [1.807, 2.05) is 26.0 Å². The molecule has 2 aromatic carbocycles. The minimum absolute atomic E-state index is 0.0493. The van der Waals surface area contributed by atoms with Gasteiger partial charge in [-0.15, -0.1) is 11.3 Å². The Hall–Kier alpha value is -3.23. The molecule has 0 bridgehead atoms. The molecular formula is C22H17ClFN3O3S. The Morgan fingerprint density at radius 3 is 2.61 bits per heavy atom. The second-order valence-corrected chi connectivity index (χ2v) is 8.46. The van der Waals surface area contributed by atoms with Gasteiger partial charge in [0.25, 0.3) is 5.56 Å². The molecule has 1 amide bonds. The Bertz CT molecular complexity index is 1450. The summed E-state index contributed by atoms with van der Waals surface area (Å²) in [6.07, 6.45) is 0. The third-order valence-electron chi connectivity index (χ3n) is 4.85. The van der Waals surface area contributed by atoms with Gasteiger partial charge in [0, 0.05) is 5.02 Å². The number of aromatic nitrogens is 2. The molecule has 158 valence electrons. The Morgan fingerprint density at radius 1 is 1.13 bits per heavy atom. The maximum Gasteiger partial charge on any atom is 0.336 e. The van der Waals surface area contributed by atoms with E-state index in [0.29, 0.717) is 15.9 Å². The van der Waals surface area contributed by atoms with Crippen LogP contribution in [0.1, 0.15) is 11.1 Å². The number of hydrogen-bond donors (Lipinski definition) is 1. The molecule has 6 nitrogen and oxygen atoms in total. The van der Waals surface area contributed by atoms with E-state index in [0.717, 1.165) is 21.8 Å². The van der Waals surface area contributed by atoms with Crippen molar-refractivity contribution in [3.63, 3.8) is 0 Å². The van der Waals surface area contributed by atoms with E-state index >= 15 is 0 Å². The number of thiophene rings is 1. The van der Waals surface area contributed by atoms with E-state index in [9.17, 15) is 18.8 Å². The maximum atomic E-state index is 14.0. The van der Waals surface area contributed by atoms with Gasteiger partial charge in [0.05, 0.1) is 16.9 Å². The van der Waals surface area contributed by atoms with Gasteiger partial charge in [-0.2, -0.15) is 0 Å². The molecule has 0 atom stereocenters. The van der Waals surface area contributed by atoms with Gasteiger partial charge in [-0.25, -0.2) is 13.8 Å². The molecule has 4 rings (SSSR count). The molecule has 0 spiro atoms. The Morgan fingerprint density at radius 2 is 1.90 bits per heavy atom. The van der Waals surface area contributed by atoms with E-state index < -0.39 is 23.0 Å². The van der Waals surface area contributed by atoms with E-state index in [-0.39, 0.29) is 17.3 Å². The third kappa shape index (κ3) is 3.92. The molecule has 0 fully saturated rings. The molecular weight excluding hydrogens is 441 g/mol. The van der Waals surface area contributed by atoms with E-state index in [1.165, 1.54) is 28.0 Å². The average molecular weight is 458 g/mol. The van der Waals surface area contributed by atoms with Crippen LogP contribution in [0.25, 0.3) is 15.9 Å². The van der Waals surface area contributed by atoms with Crippen LogP contribution in [0.4, 0.5) is 10.1 Å². The highest BCUT2D eigenvalue weighted by molar-refractivity contribution is 7.17. The van der Waals surface area contributed by atoms with Crippen molar-refractivity contribution in [2.75, 3.05) is 5.32 Å². The van der Waals surface area contributed by atoms with Crippen LogP contribution in [-0.4, -0.2) is 15.0 Å². The van der Waals surface area contributed by atoms with Crippen LogP contribution in [0, 0.1) is 19.7 Å². The molecule has 9 heteroatoms. The molecule has 0 saturated heterocycles. The number of benzene rings is 2. The van der Waals surface area contributed by atoms with Gasteiger partial charge in [0.1, 0.15) is 17.1 Å². The highest BCUT2D eigenvalue weighted by Crippen LogP contribution is 2.20. The Labute approximate surface area is 185 Å². The smallest absolute Gasteiger partial charge is 0.322 e. The highest BCUT2D eigenvalue weighted by Gasteiger charge is 2.19. The zero-order chi connectivity index (χ0) is 22.3. The fourth-order valence-electron chi connectivity index (χ4n) is 3.43. The maximum absolute atomic E-state index is 14.0. The van der Waals surface area contributed by atoms with Gasteiger partial charge in [-0.3, -0.25) is 14.2 Å². The van der Waals surface area contributed by atoms with Crippen LogP contribution in [-0.2, 0) is 11.3 Å². The monoisotopic (exact) mass is 457 g/mol. The molecule has 2 aromatic heterocycles. The Kier molecular flexibility index (Phi) is 5.51. The number of aryl methyl sites for hydroxylation is 2. The van der Waals surface area contributed by atoms with E-state index in [2.05, 4.69) is 5.32 Å². The second kappa shape index (κ2) is 8.13. The summed E-state index contributed by atoms with van der Waals surface area (Å²) in [5.41, 5.74) is 1.43. The normalized spacial score (nSPS) is 11.1. The number of amides is 1. The van der Waals surface area contributed by atoms with Crippen molar-refractivity contribution in [2.45, 2.75) is 20.4 Å². The van der Waals surface area contributed by atoms with E-state index in [4.69, 9.17) is 11.6 Å². The number of carbonyl (C=O) groups excluding carboxylic acids is 1. The first-order chi connectivity index (χ1) is 14.8. The quantitative estimate of drug-likeness (QED) is 0.497. The molecule has 0 aliphatic carbocycles. The lowest BCUT2D eigenvalue weighted by molar-refractivity contribution is -0.116. The van der Waals surface area contributed by atoms with Gasteiger partial charge >= 0.3 is 5.69 Å². The Balaban J connectivity index is 1.81. The van der Waals surface area contributed by atoms with Crippen molar-refractivity contribution in [3.8, 4) is 5.69 Å². The van der Waals surface area contributed by atoms with Crippen LogP contribution in [0.15, 0.2) is 57.4 Å². The number of nitrogens with zero attached hydrogens (tertiary/aromatic N) is 2. The number of hydrogen-bond acceptors (Lipinski definition) is 4. The molecule has 0 radical (unpaired) electrons. The lowest BCUT2D eigenvalue weighted by atomic mass is 10.1. The summed E-state index contributed by atoms with van der Waals surface area (Å²) in [6, 6.07) is 10.9. The standard InChI is InChI=1S/C22H17ClFN3O3S/c1-12-3-6-17(13(2)9-12)27-21(29)20-18(7-8-31-20)26(22(27)30)11-19(28)25-16-5-4-14(23)10-15(16)24/h3-10H,11H2,1-2H3,(H,25,28). The van der Waals surface area contributed by atoms with Crippen molar-refractivity contribution in [2.24, 2.45) is 0 Å². The summed E-state index contributed by atoms with van der Waals surface area (Å²) in [5.74, 6) is -1.30. The van der Waals surface area contributed by atoms with E-state index in [1.54, 1.807) is 17.5 Å². The first-order valence-corrected chi connectivity index (χ1v) is 10.6. The predicted molar refractivity (Wildman–Crippen MR) is 121 cm³/mol. The topological polar surface area (TPSA) is 73.1 Å². The van der Waals surface area contributed by atoms with Crippen LogP contribution in [0.5, 0.6) is 0 Å². The highest BCUT2D eigenvalue weighted by atomic mass is 35.5. The molecule has 0 aliphatic rings. The molecule has 1 N–H and O–H groups in total. The number of rotatable bonds is 4. The van der Waals surface area contributed by atoms with Gasteiger partial charge in [0.15, 0.2) is 0 Å². The summed E-state index contributed by atoms with van der Waals surface area (Å²) in [7, 11) is 0. The van der Waals surface area contributed by atoms with Crippen molar-refractivity contribution in [3.05, 3.63) is 90.6 Å². The van der Waals surface area contributed by atoms with Gasteiger partial charge in [-0.05, 0) is 55.1 Å². The molecule has 4 aromatic rings. The second-order valence-electron chi connectivity index (χ2n) is 7.11. The zero-order valence-electron chi connectivity index (χ0n) is 16.6. The summed E-state index contributed by atoms with van der Waals surface area (Å²) in [4.78, 5) is 39.0. The summed E-state index contributed by atoms with van der Waals surface area (Å²) < 4.78 is 16.7. The van der Waals surface area contributed by atoms with Crippen molar-refractivity contribution in [1.82, 2.24) is 9.13 Å². The SMILES string of the molecule is Cc1ccc(-n2c(=O)c3sccc3n(CC(=O)Nc3ccc(Cl)cc3F)c2=O)c(C)c1. The molecule has 0 unspecified atom stereocenters. The minimum Gasteiger partial charge on any atom is -0.322 e. The van der Waals surface area contributed by atoms with Crippen molar-refractivity contribution < 1.29 is 9.18 Å². The lowest BCUT2D eigenvalue weighted by Gasteiger charge is -2.14. The number of anilines is 1. The summed E-state index contributed by atoms with van der Waals surface area (Å²) in [5, 5.41) is 4.33. The third-order valence-corrected chi connectivity index (χ3v) is 5.98. The number of fused-ring (bicyclic) bond motifs is 1. The fraction of sp³-hybridized carbons (Fsp3) is 0.136. The minimum atomic E-state index is -0.686. The fourth-order valence-corrected chi connectivity index (χ4v) is 4.42. The number of nitrogens with one attached hydrogen (secondary N) is 1. The first kappa shape index (κ1) is 21.0. The number of carbonyl (C=O) groups is 1. The van der Waals surface area contributed by atoms with Gasteiger partial charge in [-0.1, -0.05) is 29.3 Å². The van der Waals surface area contributed by atoms with Crippen molar-refractivity contribution in [1.29, 1.82) is 0 Å². The lowest BCUT2D eigenvalue weighted by Crippen LogP contribution is -2.40. The van der Waals surface area contributed by atoms with Gasteiger partial charge in [0.2, 0.25) is 5.91 Å². The molecule has 2 heterocycles. The molecule has 0 saturated carbocycles. The predicted octanol–water partition coefficient (Wildman–Crippen LogP) is 4.26. The van der Waals surface area contributed by atoms with Crippen LogP contribution in [0.3, 0.4) is 0 Å².